The van der Waals surface area contributed by atoms with Crippen LogP contribution in [0.2, 0.25) is 0 Å². The zero-order valence-electron chi connectivity index (χ0n) is 20.0. The third-order valence-electron chi connectivity index (χ3n) is 5.48. The first-order valence-corrected chi connectivity index (χ1v) is 11.1. The lowest BCUT2D eigenvalue weighted by molar-refractivity contribution is -0.384. The Bertz CT molecular complexity index is 1140. The normalized spacial score (nSPS) is 15.7. The maximum absolute atomic E-state index is 13.0. The first kappa shape index (κ1) is 25.5. The van der Waals surface area contributed by atoms with Crippen molar-refractivity contribution in [2.24, 2.45) is 0 Å². The number of nitrogens with one attached hydrogen (secondary N) is 1. The van der Waals surface area contributed by atoms with Gasteiger partial charge in [-0.25, -0.2) is 9.59 Å². The first-order valence-electron chi connectivity index (χ1n) is 11.1. The number of nitrogens with zero attached hydrogens (tertiary/aromatic N) is 3. The van der Waals surface area contributed by atoms with Gasteiger partial charge in [-0.05, 0) is 44.9 Å². The average Bonchev–Trinajstić information content (AvgIpc) is 3.33. The number of ether oxygens (including phenoxy) is 1. The van der Waals surface area contributed by atoms with Crippen molar-refractivity contribution in [1.82, 2.24) is 15.1 Å². The van der Waals surface area contributed by atoms with Gasteiger partial charge >= 0.3 is 12.0 Å². The van der Waals surface area contributed by atoms with Crippen LogP contribution in [-0.2, 0) is 9.53 Å². The van der Waals surface area contributed by atoms with Gasteiger partial charge in [0, 0.05) is 38.0 Å². The quantitative estimate of drug-likeness (QED) is 0.326. The number of furan rings is 1. The number of allylic oxidation sites excluding steroid dienone is 1. The minimum absolute atomic E-state index is 0.161. The van der Waals surface area contributed by atoms with E-state index in [9.17, 15) is 24.5 Å². The Morgan fingerprint density at radius 1 is 1.29 bits per heavy atom. The fraction of sp³-hybridized carbons (Fsp3) is 0.375. The molecule has 186 valence electrons. The van der Waals surface area contributed by atoms with Crippen molar-refractivity contribution in [3.05, 3.63) is 75.4 Å². The molecule has 0 fully saturated rings. The topological polar surface area (TPSA) is 135 Å². The Morgan fingerprint density at radius 2 is 2.03 bits per heavy atom. The molecule has 0 bridgehead atoms. The highest BCUT2D eigenvalue weighted by molar-refractivity contribution is 5.95. The van der Waals surface area contributed by atoms with E-state index in [1.165, 1.54) is 34.3 Å². The van der Waals surface area contributed by atoms with Crippen LogP contribution in [0.25, 0.3) is 0 Å². The molecule has 11 heteroatoms. The van der Waals surface area contributed by atoms with Gasteiger partial charge in [0.15, 0.2) is 5.76 Å². The summed E-state index contributed by atoms with van der Waals surface area (Å²) in [6.07, 6.45) is 1.39. The van der Waals surface area contributed by atoms with Crippen molar-refractivity contribution in [2.45, 2.75) is 39.3 Å². The Kier molecular flexibility index (Phi) is 7.90. The molecule has 0 aliphatic carbocycles. The molecule has 0 saturated carbocycles. The molecule has 1 unspecified atom stereocenters. The molecule has 0 spiro atoms. The predicted octanol–water partition coefficient (Wildman–Crippen LogP) is 3.64. The highest BCUT2D eigenvalue weighted by Gasteiger charge is 2.39. The summed E-state index contributed by atoms with van der Waals surface area (Å²) >= 11 is 0. The summed E-state index contributed by atoms with van der Waals surface area (Å²) in [5.41, 5.74) is 0.757. The fourth-order valence-electron chi connectivity index (χ4n) is 3.87. The number of rotatable bonds is 9. The molecule has 0 saturated heterocycles. The zero-order chi connectivity index (χ0) is 25.7. The molecule has 3 rings (SSSR count). The van der Waals surface area contributed by atoms with E-state index in [1.807, 2.05) is 0 Å². The van der Waals surface area contributed by atoms with Gasteiger partial charge in [0.25, 0.3) is 11.6 Å². The van der Waals surface area contributed by atoms with Gasteiger partial charge in [-0.2, -0.15) is 0 Å². The number of nitro benzene ring substituents is 1. The van der Waals surface area contributed by atoms with Crippen molar-refractivity contribution < 1.29 is 28.5 Å². The molecule has 2 heterocycles. The largest absolute Gasteiger partial charge is 0.459 e. The SMILES string of the molecule is CC1=C(C(=O)OC(C)C)C(c2cccc([N+](=O)[O-])c2)N(CCCN(C)C(=O)c2ccco2)C(=O)N1. The predicted molar refractivity (Wildman–Crippen MR) is 125 cm³/mol. The number of urea groups is 1. The maximum Gasteiger partial charge on any atom is 0.338 e. The number of amides is 3. The van der Waals surface area contributed by atoms with Crippen molar-refractivity contribution >= 4 is 23.6 Å². The zero-order valence-corrected chi connectivity index (χ0v) is 20.0. The van der Waals surface area contributed by atoms with Crippen LogP contribution in [0.3, 0.4) is 0 Å². The number of carbonyl (C=O) groups is 3. The molecule has 3 amide bonds. The molecule has 2 aromatic rings. The van der Waals surface area contributed by atoms with E-state index in [0.29, 0.717) is 24.2 Å². The highest BCUT2D eigenvalue weighted by Crippen LogP contribution is 2.36. The number of non-ortho nitro benzene ring substituents is 1. The summed E-state index contributed by atoms with van der Waals surface area (Å²) in [5.74, 6) is -0.718. The standard InChI is InChI=1S/C24H28N4O7/c1-15(2)35-23(30)20-16(3)25-24(31)27(21(20)17-8-5-9-18(14-17)28(32)33)12-7-11-26(4)22(29)19-10-6-13-34-19/h5-6,8-10,13-15,21H,7,11-12H2,1-4H3,(H,25,31). The van der Waals surface area contributed by atoms with Gasteiger partial charge in [-0.15, -0.1) is 0 Å². The van der Waals surface area contributed by atoms with Crippen LogP contribution in [0, 0.1) is 10.1 Å². The van der Waals surface area contributed by atoms with E-state index in [2.05, 4.69) is 5.32 Å². The molecule has 1 aliphatic heterocycles. The molecule has 1 N–H and O–H groups in total. The van der Waals surface area contributed by atoms with Gasteiger partial charge < -0.3 is 24.3 Å². The lowest BCUT2D eigenvalue weighted by Crippen LogP contribution is -2.49. The molecule has 1 aromatic heterocycles. The first-order chi connectivity index (χ1) is 16.6. The van der Waals surface area contributed by atoms with Crippen LogP contribution in [0.4, 0.5) is 10.5 Å². The Balaban J connectivity index is 1.89. The summed E-state index contributed by atoms with van der Waals surface area (Å²) < 4.78 is 10.6. The molecule has 11 nitrogen and oxygen atoms in total. The maximum atomic E-state index is 13.0. The van der Waals surface area contributed by atoms with Gasteiger partial charge in [-0.3, -0.25) is 14.9 Å². The van der Waals surface area contributed by atoms with E-state index < -0.39 is 29.1 Å². The number of esters is 1. The van der Waals surface area contributed by atoms with E-state index in [0.717, 1.165) is 0 Å². The van der Waals surface area contributed by atoms with Crippen molar-refractivity contribution in [2.75, 3.05) is 20.1 Å². The smallest absolute Gasteiger partial charge is 0.338 e. The van der Waals surface area contributed by atoms with Gasteiger partial charge in [-0.1, -0.05) is 12.1 Å². The molecule has 1 atom stereocenters. The summed E-state index contributed by atoms with van der Waals surface area (Å²) in [6, 6.07) is 7.65. The fourth-order valence-corrected chi connectivity index (χ4v) is 3.87. The van der Waals surface area contributed by atoms with Crippen LogP contribution in [0.15, 0.2) is 58.3 Å². The highest BCUT2D eigenvalue weighted by atomic mass is 16.6. The Labute approximate surface area is 202 Å². The third kappa shape index (κ3) is 5.86. The van der Waals surface area contributed by atoms with Gasteiger partial charge in [0.2, 0.25) is 0 Å². The summed E-state index contributed by atoms with van der Waals surface area (Å²) in [6.45, 7) is 5.48. The second kappa shape index (κ2) is 10.9. The Hall–Kier alpha value is -4.15. The minimum atomic E-state index is -0.902. The number of carbonyl (C=O) groups excluding carboxylic acids is 3. The van der Waals surface area contributed by atoms with E-state index in [1.54, 1.807) is 46.0 Å². The van der Waals surface area contributed by atoms with E-state index in [-0.39, 0.29) is 29.5 Å². The van der Waals surface area contributed by atoms with E-state index in [4.69, 9.17) is 9.15 Å². The Morgan fingerprint density at radius 3 is 2.66 bits per heavy atom. The minimum Gasteiger partial charge on any atom is -0.459 e. The average molecular weight is 485 g/mol. The van der Waals surface area contributed by atoms with Crippen LogP contribution < -0.4 is 5.32 Å². The summed E-state index contributed by atoms with van der Waals surface area (Å²) in [7, 11) is 1.62. The number of hydrogen-bond donors (Lipinski definition) is 1. The summed E-state index contributed by atoms with van der Waals surface area (Å²) in [5, 5.41) is 14.1. The third-order valence-corrected chi connectivity index (χ3v) is 5.48. The van der Waals surface area contributed by atoms with Crippen LogP contribution in [0.1, 0.15) is 49.4 Å². The molecule has 1 aromatic carbocycles. The lowest BCUT2D eigenvalue weighted by atomic mass is 9.93. The number of hydrogen-bond acceptors (Lipinski definition) is 7. The van der Waals surface area contributed by atoms with Crippen molar-refractivity contribution in [1.29, 1.82) is 0 Å². The number of benzene rings is 1. The van der Waals surface area contributed by atoms with Crippen LogP contribution >= 0.6 is 0 Å². The molecule has 35 heavy (non-hydrogen) atoms. The van der Waals surface area contributed by atoms with Crippen molar-refractivity contribution in [3.8, 4) is 0 Å². The van der Waals surface area contributed by atoms with Gasteiger partial charge in [0.05, 0.1) is 28.9 Å². The monoisotopic (exact) mass is 484 g/mol. The van der Waals surface area contributed by atoms with Crippen molar-refractivity contribution in [3.63, 3.8) is 0 Å². The van der Waals surface area contributed by atoms with Crippen LogP contribution in [-0.4, -0.2) is 58.9 Å². The lowest BCUT2D eigenvalue weighted by Gasteiger charge is -2.38. The number of nitro groups is 1. The molecular weight excluding hydrogens is 456 g/mol. The molecule has 1 aliphatic rings. The second-order valence-corrected chi connectivity index (χ2v) is 8.43. The molecular formula is C24H28N4O7. The van der Waals surface area contributed by atoms with Gasteiger partial charge in [0.1, 0.15) is 0 Å². The summed E-state index contributed by atoms with van der Waals surface area (Å²) in [4.78, 5) is 52.2. The van der Waals surface area contributed by atoms with E-state index >= 15 is 0 Å². The second-order valence-electron chi connectivity index (χ2n) is 8.43. The van der Waals surface area contributed by atoms with Crippen LogP contribution in [0.5, 0.6) is 0 Å². The molecule has 0 radical (unpaired) electrons.